The molecule has 2 aliphatic rings. The summed E-state index contributed by atoms with van der Waals surface area (Å²) < 4.78 is 65.9. The normalized spacial score (nSPS) is 23.8. The fourth-order valence-corrected chi connectivity index (χ4v) is 6.76. The molecule has 1 saturated carbocycles. The molecule has 1 saturated heterocycles. The van der Waals surface area contributed by atoms with E-state index in [4.69, 9.17) is 0 Å². The van der Waals surface area contributed by atoms with E-state index >= 15 is 0 Å². The van der Waals surface area contributed by atoms with Crippen LogP contribution in [0.1, 0.15) is 52.0 Å². The van der Waals surface area contributed by atoms with Gasteiger partial charge in [-0.2, -0.15) is 17.5 Å². The molecule has 35 heavy (non-hydrogen) atoms. The van der Waals surface area contributed by atoms with Gasteiger partial charge in [-0.05, 0) is 69.2 Å². The Balaban J connectivity index is 1.72. The summed E-state index contributed by atoms with van der Waals surface area (Å²) in [7, 11) is -3.99. The number of alkyl halides is 3. The molecule has 1 aromatic carbocycles. The molecule has 8 nitrogen and oxygen atoms in total. The number of halogens is 3. The van der Waals surface area contributed by atoms with Gasteiger partial charge in [-0.1, -0.05) is 13.3 Å². The Hall–Kier alpha value is -2.34. The molecule has 12 heteroatoms. The number of hydrogen-bond acceptors (Lipinski definition) is 4. The minimum Gasteiger partial charge on any atom is -0.465 e. The van der Waals surface area contributed by atoms with E-state index in [1.54, 1.807) is 13.8 Å². The van der Waals surface area contributed by atoms with Gasteiger partial charge in [0.1, 0.15) is 6.04 Å². The average molecular weight is 520 g/mol. The molecule has 1 aromatic rings. The largest absolute Gasteiger partial charge is 0.465 e. The van der Waals surface area contributed by atoms with Gasteiger partial charge in [0, 0.05) is 25.2 Å². The van der Waals surface area contributed by atoms with Crippen LogP contribution in [0.4, 0.5) is 18.0 Å². The Kier molecular flexibility index (Phi) is 8.05. The van der Waals surface area contributed by atoms with Gasteiger partial charge in [-0.3, -0.25) is 9.69 Å². The van der Waals surface area contributed by atoms with E-state index in [2.05, 4.69) is 5.32 Å². The van der Waals surface area contributed by atoms with Crippen molar-refractivity contribution < 1.29 is 36.3 Å². The smallest absolute Gasteiger partial charge is 0.416 e. The van der Waals surface area contributed by atoms with Crippen molar-refractivity contribution in [3.63, 3.8) is 0 Å². The topological polar surface area (TPSA) is 107 Å². The molecule has 1 aliphatic heterocycles. The first-order valence-corrected chi connectivity index (χ1v) is 13.2. The Morgan fingerprint density at radius 1 is 1.17 bits per heavy atom. The molecular formula is C23H32F3N3O5S. The molecule has 2 amide bonds. The van der Waals surface area contributed by atoms with Crippen LogP contribution in [0.5, 0.6) is 0 Å². The summed E-state index contributed by atoms with van der Waals surface area (Å²) in [6.07, 6.45) is -3.40. The van der Waals surface area contributed by atoms with Crippen LogP contribution in [-0.2, 0) is 21.0 Å². The molecular weight excluding hydrogens is 487 g/mol. The number of carbonyl (C=O) groups excluding carboxylic acids is 1. The summed E-state index contributed by atoms with van der Waals surface area (Å²) in [5.74, 6) is -0.532. The van der Waals surface area contributed by atoms with E-state index < -0.39 is 39.8 Å². The number of sulfonamides is 1. The second-order valence-corrected chi connectivity index (χ2v) is 11.5. The molecule has 0 spiro atoms. The average Bonchev–Trinajstić information content (AvgIpc) is 3.35. The summed E-state index contributed by atoms with van der Waals surface area (Å²) in [6.45, 7) is 5.65. The minimum absolute atomic E-state index is 0.00910. The number of fused-ring (bicyclic) bond motifs is 1. The summed E-state index contributed by atoms with van der Waals surface area (Å²) in [5.41, 5.74) is -0.920. The maximum atomic E-state index is 13.1. The highest BCUT2D eigenvalue weighted by molar-refractivity contribution is 7.89. The van der Waals surface area contributed by atoms with Crippen molar-refractivity contribution in [1.29, 1.82) is 0 Å². The van der Waals surface area contributed by atoms with Crippen molar-refractivity contribution in [1.82, 2.24) is 14.5 Å². The summed E-state index contributed by atoms with van der Waals surface area (Å²) in [5, 5.41) is 12.6. The van der Waals surface area contributed by atoms with Gasteiger partial charge in [-0.25, -0.2) is 13.2 Å². The van der Waals surface area contributed by atoms with Crippen molar-refractivity contribution >= 4 is 22.0 Å². The third-order valence-electron chi connectivity index (χ3n) is 6.95. The lowest BCUT2D eigenvalue weighted by Gasteiger charge is -2.33. The van der Waals surface area contributed by atoms with Gasteiger partial charge >= 0.3 is 12.3 Å². The highest BCUT2D eigenvalue weighted by Crippen LogP contribution is 2.40. The molecule has 1 aliphatic carbocycles. The van der Waals surface area contributed by atoms with Crippen molar-refractivity contribution in [2.24, 2.45) is 11.8 Å². The van der Waals surface area contributed by atoms with Crippen molar-refractivity contribution in [2.45, 2.75) is 75.7 Å². The predicted octanol–water partition coefficient (Wildman–Crippen LogP) is 3.78. The van der Waals surface area contributed by atoms with E-state index in [-0.39, 0.29) is 41.9 Å². The van der Waals surface area contributed by atoms with Crippen LogP contribution in [0.15, 0.2) is 29.2 Å². The zero-order valence-corrected chi connectivity index (χ0v) is 20.8. The zero-order valence-electron chi connectivity index (χ0n) is 20.0. The predicted molar refractivity (Wildman–Crippen MR) is 122 cm³/mol. The van der Waals surface area contributed by atoms with E-state index in [1.807, 2.05) is 6.92 Å². The van der Waals surface area contributed by atoms with Gasteiger partial charge in [0.05, 0.1) is 10.5 Å². The highest BCUT2D eigenvalue weighted by atomic mass is 32.2. The van der Waals surface area contributed by atoms with Gasteiger partial charge in [-0.15, -0.1) is 0 Å². The number of carbonyl (C=O) groups is 2. The summed E-state index contributed by atoms with van der Waals surface area (Å²) in [4.78, 5) is 25.8. The summed E-state index contributed by atoms with van der Waals surface area (Å²) >= 11 is 0. The fourth-order valence-electron chi connectivity index (χ4n) is 5.23. The van der Waals surface area contributed by atoms with Crippen LogP contribution in [0.25, 0.3) is 0 Å². The number of amides is 2. The number of benzene rings is 1. The van der Waals surface area contributed by atoms with Crippen LogP contribution >= 0.6 is 0 Å². The molecule has 2 N–H and O–H groups in total. The standard InChI is InChI=1S/C23H32F3N3O5S/c1-4-5-20(29(14(2)3)22(31)32)21(30)27-19-11-6-15-12-28(13-18(15)19)35(33,34)17-9-7-16(8-10-17)23(24,25)26/h7-10,14-15,18-20H,4-6,11-13H2,1-3H3,(H,27,30)(H,31,32)/t15-,18+,19+,20+/m1/s1. The lowest BCUT2D eigenvalue weighted by Crippen LogP contribution is -2.54. The molecule has 0 unspecified atom stereocenters. The fraction of sp³-hybridized carbons (Fsp3) is 0.652. The molecule has 196 valence electrons. The number of nitrogens with zero attached hydrogens (tertiary/aromatic N) is 2. The Bertz CT molecular complexity index is 1030. The van der Waals surface area contributed by atoms with E-state index in [9.17, 15) is 36.3 Å². The minimum atomic E-state index is -4.56. The quantitative estimate of drug-likeness (QED) is 0.544. The number of hydrogen-bond donors (Lipinski definition) is 2. The van der Waals surface area contributed by atoms with Gasteiger partial charge < -0.3 is 10.4 Å². The Morgan fingerprint density at radius 3 is 2.31 bits per heavy atom. The number of rotatable bonds is 8. The third-order valence-corrected chi connectivity index (χ3v) is 8.79. The lowest BCUT2D eigenvalue weighted by atomic mass is 9.97. The van der Waals surface area contributed by atoms with Crippen molar-refractivity contribution in [2.75, 3.05) is 13.1 Å². The molecule has 2 fully saturated rings. The first-order chi connectivity index (χ1) is 16.3. The van der Waals surface area contributed by atoms with E-state index in [0.717, 1.165) is 29.2 Å². The highest BCUT2D eigenvalue weighted by Gasteiger charge is 2.47. The number of carboxylic acid groups (broad SMARTS) is 1. The molecule has 4 atom stereocenters. The molecule has 0 radical (unpaired) electrons. The van der Waals surface area contributed by atoms with Crippen molar-refractivity contribution in [3.8, 4) is 0 Å². The van der Waals surface area contributed by atoms with Crippen LogP contribution in [0.3, 0.4) is 0 Å². The van der Waals surface area contributed by atoms with Gasteiger partial charge in [0.15, 0.2) is 0 Å². The van der Waals surface area contributed by atoms with Crippen LogP contribution in [-0.4, -0.2) is 65.9 Å². The van der Waals surface area contributed by atoms with E-state index in [1.165, 1.54) is 4.31 Å². The lowest BCUT2D eigenvalue weighted by molar-refractivity contribution is -0.137. The summed E-state index contributed by atoms with van der Waals surface area (Å²) in [6, 6.07) is 1.91. The monoisotopic (exact) mass is 519 g/mol. The molecule has 0 aromatic heterocycles. The van der Waals surface area contributed by atoms with Gasteiger partial charge in [0.25, 0.3) is 0 Å². The van der Waals surface area contributed by atoms with Gasteiger partial charge in [0.2, 0.25) is 15.9 Å². The molecule has 3 rings (SSSR count). The van der Waals surface area contributed by atoms with Crippen molar-refractivity contribution in [3.05, 3.63) is 29.8 Å². The maximum Gasteiger partial charge on any atom is 0.416 e. The first-order valence-electron chi connectivity index (χ1n) is 11.8. The maximum absolute atomic E-state index is 13.1. The zero-order chi connectivity index (χ0) is 26.1. The second kappa shape index (κ2) is 10.3. The SMILES string of the molecule is CCC[C@@H](C(=O)N[C@H]1CC[C@@H]2CN(S(=O)(=O)c3ccc(C(F)(F)F)cc3)C[C@@H]21)N(C(=O)O)C(C)C. The Labute approximate surface area is 203 Å². The second-order valence-electron chi connectivity index (χ2n) is 9.55. The van der Waals surface area contributed by atoms with Crippen LogP contribution in [0, 0.1) is 11.8 Å². The third kappa shape index (κ3) is 5.74. The molecule has 1 heterocycles. The Morgan fingerprint density at radius 2 is 1.80 bits per heavy atom. The van der Waals surface area contributed by atoms with Crippen LogP contribution in [0.2, 0.25) is 0 Å². The first kappa shape index (κ1) is 27.3. The van der Waals surface area contributed by atoms with E-state index in [0.29, 0.717) is 25.7 Å². The number of nitrogens with one attached hydrogen (secondary N) is 1. The van der Waals surface area contributed by atoms with Crippen LogP contribution < -0.4 is 5.32 Å². The molecule has 0 bridgehead atoms.